The third-order valence-corrected chi connectivity index (χ3v) is 5.47. The summed E-state index contributed by atoms with van der Waals surface area (Å²) < 4.78 is 5.32. The number of nitrogens with zero attached hydrogens (tertiary/aromatic N) is 2. The molecule has 2 aliphatic heterocycles. The Kier molecular flexibility index (Phi) is 5.27. The quantitative estimate of drug-likeness (QED) is 0.864. The summed E-state index contributed by atoms with van der Waals surface area (Å²) in [6.07, 6.45) is 0. The van der Waals surface area contributed by atoms with Crippen LogP contribution in [0.3, 0.4) is 0 Å². The van der Waals surface area contributed by atoms with Crippen LogP contribution in [0, 0.1) is 5.92 Å². The van der Waals surface area contributed by atoms with Crippen LogP contribution in [0.25, 0.3) is 0 Å². The number of hydrogen-bond acceptors (Lipinski definition) is 5. The smallest absolute Gasteiger partial charge is 0.229 e. The molecule has 142 valence electrons. The normalized spacial score (nSPS) is 22.7. The fraction of sp³-hybridized carbons (Fsp3) is 0.381. The molecule has 2 unspecified atom stereocenters. The van der Waals surface area contributed by atoms with Gasteiger partial charge in [0.2, 0.25) is 5.91 Å². The Balaban J connectivity index is 1.39. The Labute approximate surface area is 160 Å². The zero-order valence-electron chi connectivity index (χ0n) is 15.6. The Bertz CT molecular complexity index is 775. The average molecular weight is 366 g/mol. The number of anilines is 1. The summed E-state index contributed by atoms with van der Waals surface area (Å²) in [5, 5.41) is 0. The summed E-state index contributed by atoms with van der Waals surface area (Å²) in [7, 11) is 1.68. The standard InChI is InChI=1S/C21H26N4O2/c1-27-18-9-5-8-17(14-18)24-10-12-25(13-11-24)21(26)19-15-22-23-20(19)16-6-3-2-4-7-16/h2-9,14,19-20,22-23H,10-13,15H2,1H3. The van der Waals surface area contributed by atoms with Gasteiger partial charge in [0.25, 0.3) is 0 Å². The molecule has 0 radical (unpaired) electrons. The highest BCUT2D eigenvalue weighted by atomic mass is 16.5. The number of benzene rings is 2. The van der Waals surface area contributed by atoms with Gasteiger partial charge in [-0.1, -0.05) is 36.4 Å². The van der Waals surface area contributed by atoms with Crippen LogP contribution in [-0.2, 0) is 4.79 Å². The number of hydrazine groups is 1. The van der Waals surface area contributed by atoms with Gasteiger partial charge in [-0.15, -0.1) is 0 Å². The van der Waals surface area contributed by atoms with Crippen LogP contribution in [0.2, 0.25) is 0 Å². The Morgan fingerprint density at radius 3 is 2.56 bits per heavy atom. The van der Waals surface area contributed by atoms with E-state index in [0.29, 0.717) is 6.54 Å². The van der Waals surface area contributed by atoms with Gasteiger partial charge in [-0.25, -0.2) is 5.43 Å². The van der Waals surface area contributed by atoms with E-state index < -0.39 is 0 Å². The van der Waals surface area contributed by atoms with Gasteiger partial charge in [-0.2, -0.15) is 0 Å². The molecular weight excluding hydrogens is 340 g/mol. The molecule has 2 aliphatic rings. The zero-order chi connectivity index (χ0) is 18.6. The number of hydrogen-bond donors (Lipinski definition) is 2. The van der Waals surface area contributed by atoms with E-state index >= 15 is 0 Å². The summed E-state index contributed by atoms with van der Waals surface area (Å²) >= 11 is 0. The van der Waals surface area contributed by atoms with Crippen LogP contribution in [0.4, 0.5) is 5.69 Å². The molecule has 2 heterocycles. The number of ether oxygens (including phenoxy) is 1. The van der Waals surface area contributed by atoms with E-state index in [1.54, 1.807) is 7.11 Å². The van der Waals surface area contributed by atoms with Gasteiger partial charge in [0.15, 0.2) is 0 Å². The average Bonchev–Trinajstić information content (AvgIpc) is 3.24. The second-order valence-electron chi connectivity index (χ2n) is 7.03. The number of amides is 1. The minimum Gasteiger partial charge on any atom is -0.497 e. The highest BCUT2D eigenvalue weighted by molar-refractivity contribution is 5.80. The molecule has 2 atom stereocenters. The molecule has 27 heavy (non-hydrogen) atoms. The van der Waals surface area contributed by atoms with Crippen LogP contribution >= 0.6 is 0 Å². The summed E-state index contributed by atoms with van der Waals surface area (Å²) in [6, 6.07) is 18.3. The van der Waals surface area contributed by atoms with Gasteiger partial charge < -0.3 is 14.5 Å². The molecule has 4 rings (SSSR count). The van der Waals surface area contributed by atoms with Crippen LogP contribution in [0.5, 0.6) is 5.75 Å². The van der Waals surface area contributed by atoms with Crippen molar-refractivity contribution in [2.45, 2.75) is 6.04 Å². The van der Waals surface area contributed by atoms with Crippen molar-refractivity contribution >= 4 is 11.6 Å². The Morgan fingerprint density at radius 2 is 1.81 bits per heavy atom. The lowest BCUT2D eigenvalue weighted by molar-refractivity contribution is -0.135. The second kappa shape index (κ2) is 7.98. The lowest BCUT2D eigenvalue weighted by atomic mass is 9.93. The highest BCUT2D eigenvalue weighted by Gasteiger charge is 2.37. The summed E-state index contributed by atoms with van der Waals surface area (Å²) in [5.41, 5.74) is 8.73. The molecule has 6 nitrogen and oxygen atoms in total. The van der Waals surface area contributed by atoms with Crippen molar-refractivity contribution < 1.29 is 9.53 Å². The van der Waals surface area contributed by atoms with Crippen LogP contribution in [0.1, 0.15) is 11.6 Å². The molecule has 2 N–H and O–H groups in total. The van der Waals surface area contributed by atoms with Gasteiger partial charge in [0, 0.05) is 44.5 Å². The summed E-state index contributed by atoms with van der Waals surface area (Å²) in [5.74, 6) is 1.02. The van der Waals surface area contributed by atoms with Gasteiger partial charge in [-0.3, -0.25) is 10.2 Å². The molecule has 2 fully saturated rings. The molecule has 0 aromatic heterocycles. The maximum atomic E-state index is 13.1. The first-order chi connectivity index (χ1) is 13.3. The third kappa shape index (κ3) is 3.77. The van der Waals surface area contributed by atoms with Crippen molar-refractivity contribution in [3.8, 4) is 5.75 Å². The van der Waals surface area contributed by atoms with Crippen molar-refractivity contribution in [3.63, 3.8) is 0 Å². The van der Waals surface area contributed by atoms with E-state index in [4.69, 9.17) is 4.74 Å². The first-order valence-corrected chi connectivity index (χ1v) is 9.47. The predicted octanol–water partition coefficient (Wildman–Crippen LogP) is 1.81. The van der Waals surface area contributed by atoms with Crippen molar-refractivity contribution in [2.24, 2.45) is 5.92 Å². The topological polar surface area (TPSA) is 56.8 Å². The van der Waals surface area contributed by atoms with Crippen molar-refractivity contribution in [3.05, 3.63) is 60.2 Å². The summed E-state index contributed by atoms with van der Waals surface area (Å²) in [4.78, 5) is 17.5. The molecule has 2 saturated heterocycles. The second-order valence-corrected chi connectivity index (χ2v) is 7.03. The van der Waals surface area contributed by atoms with Gasteiger partial charge >= 0.3 is 0 Å². The molecule has 0 aliphatic carbocycles. The summed E-state index contributed by atoms with van der Waals surface area (Å²) in [6.45, 7) is 3.82. The third-order valence-electron chi connectivity index (χ3n) is 5.47. The zero-order valence-corrected chi connectivity index (χ0v) is 15.6. The lowest BCUT2D eigenvalue weighted by Gasteiger charge is -2.37. The largest absolute Gasteiger partial charge is 0.497 e. The fourth-order valence-corrected chi connectivity index (χ4v) is 3.93. The monoisotopic (exact) mass is 366 g/mol. The number of piperazine rings is 1. The molecule has 0 saturated carbocycles. The number of carbonyl (C=O) groups is 1. The number of methoxy groups -OCH3 is 1. The van der Waals surface area contributed by atoms with E-state index in [2.05, 4.69) is 34.0 Å². The van der Waals surface area contributed by atoms with Gasteiger partial charge in [0.1, 0.15) is 5.75 Å². The van der Waals surface area contributed by atoms with Gasteiger partial charge in [-0.05, 0) is 17.7 Å². The first-order valence-electron chi connectivity index (χ1n) is 9.47. The molecule has 2 aromatic carbocycles. The molecule has 2 aromatic rings. The number of carbonyl (C=O) groups excluding carboxylic acids is 1. The van der Waals surface area contributed by atoms with Crippen molar-refractivity contribution in [1.29, 1.82) is 0 Å². The minimum atomic E-state index is -0.0734. The maximum Gasteiger partial charge on any atom is 0.229 e. The maximum absolute atomic E-state index is 13.1. The SMILES string of the molecule is COc1cccc(N2CCN(C(=O)C3CNNC3c3ccccc3)CC2)c1. The van der Waals surface area contributed by atoms with E-state index in [0.717, 1.165) is 43.2 Å². The van der Waals surface area contributed by atoms with Crippen molar-refractivity contribution in [2.75, 3.05) is 44.7 Å². The molecule has 0 spiro atoms. The number of nitrogens with one attached hydrogen (secondary N) is 2. The molecule has 1 amide bonds. The van der Waals surface area contributed by atoms with E-state index in [1.165, 1.54) is 0 Å². The fourth-order valence-electron chi connectivity index (χ4n) is 3.93. The highest BCUT2D eigenvalue weighted by Crippen LogP contribution is 2.27. The van der Waals surface area contributed by atoms with E-state index in [9.17, 15) is 4.79 Å². The van der Waals surface area contributed by atoms with E-state index in [1.807, 2.05) is 41.3 Å². The van der Waals surface area contributed by atoms with Gasteiger partial charge in [0.05, 0.1) is 19.1 Å². The van der Waals surface area contributed by atoms with Crippen LogP contribution in [-0.4, -0.2) is 50.6 Å². The van der Waals surface area contributed by atoms with Crippen LogP contribution in [0.15, 0.2) is 54.6 Å². The molecule has 6 heteroatoms. The van der Waals surface area contributed by atoms with Crippen LogP contribution < -0.4 is 20.5 Å². The Hall–Kier alpha value is -2.57. The minimum absolute atomic E-state index is 0.0233. The molecular formula is C21H26N4O2. The Morgan fingerprint density at radius 1 is 1.04 bits per heavy atom. The first kappa shape index (κ1) is 17.8. The van der Waals surface area contributed by atoms with Crippen molar-refractivity contribution in [1.82, 2.24) is 15.8 Å². The van der Waals surface area contributed by atoms with E-state index in [-0.39, 0.29) is 17.9 Å². The number of rotatable bonds is 4. The lowest BCUT2D eigenvalue weighted by Crippen LogP contribution is -2.51. The molecule has 0 bridgehead atoms. The predicted molar refractivity (Wildman–Crippen MR) is 106 cm³/mol.